The summed E-state index contributed by atoms with van der Waals surface area (Å²) in [5, 5.41) is 0. The molecule has 0 fully saturated rings. The van der Waals surface area contributed by atoms with Crippen molar-refractivity contribution in [1.82, 2.24) is 4.90 Å². The van der Waals surface area contributed by atoms with Gasteiger partial charge >= 0.3 is 6.18 Å². The van der Waals surface area contributed by atoms with Gasteiger partial charge in [0.25, 0.3) is 0 Å². The van der Waals surface area contributed by atoms with Crippen molar-refractivity contribution in [2.75, 3.05) is 6.54 Å². The molecule has 0 N–H and O–H groups in total. The normalized spacial score (nSPS) is 14.7. The van der Waals surface area contributed by atoms with Gasteiger partial charge in [-0.2, -0.15) is 13.2 Å². The number of carbonyl (C=O) groups excluding carboxylic acids is 1. The Morgan fingerprint density at radius 1 is 1.00 bits per heavy atom. The summed E-state index contributed by atoms with van der Waals surface area (Å²) in [6, 6.07) is 12.8. The average molecular weight is 331 g/mol. The molecule has 1 aliphatic rings. The Morgan fingerprint density at radius 2 is 1.67 bits per heavy atom. The van der Waals surface area contributed by atoms with Crippen LogP contribution in [-0.4, -0.2) is 17.4 Å². The first-order valence-electron chi connectivity index (χ1n) is 7.64. The molecule has 5 heteroatoms. The van der Waals surface area contributed by atoms with Gasteiger partial charge in [-0.25, -0.2) is 0 Å². The van der Waals surface area contributed by atoms with Crippen molar-refractivity contribution in [2.45, 2.75) is 19.1 Å². The zero-order valence-electron chi connectivity index (χ0n) is 12.9. The van der Waals surface area contributed by atoms with Crippen LogP contribution in [0.3, 0.4) is 0 Å². The van der Waals surface area contributed by atoms with E-state index in [4.69, 9.17) is 0 Å². The van der Waals surface area contributed by atoms with Crippen molar-refractivity contribution in [2.24, 2.45) is 0 Å². The molecule has 124 valence electrons. The molecular formula is C19H16F3NO. The number of carbonyl (C=O) groups is 1. The molecule has 0 unspecified atom stereocenters. The number of hydrogen-bond acceptors (Lipinski definition) is 1. The quantitative estimate of drug-likeness (QED) is 0.751. The predicted molar refractivity (Wildman–Crippen MR) is 86.0 cm³/mol. The maximum absolute atomic E-state index is 12.5. The highest BCUT2D eigenvalue weighted by Crippen LogP contribution is 2.29. The first-order chi connectivity index (χ1) is 11.4. The van der Waals surface area contributed by atoms with Crippen molar-refractivity contribution >= 4 is 12.0 Å². The summed E-state index contributed by atoms with van der Waals surface area (Å²) < 4.78 is 37.6. The highest BCUT2D eigenvalue weighted by Gasteiger charge is 2.29. The summed E-state index contributed by atoms with van der Waals surface area (Å²) in [6.07, 6.45) is -0.575. The standard InChI is InChI=1S/C19H16F3NO/c20-19(21,22)17-8-5-14(6-9-17)7-10-18(24)23-12-11-15-3-1-2-4-16(15)13-23/h1-10H,11-13H2/b10-7+. The molecule has 0 saturated carbocycles. The molecule has 0 spiro atoms. The number of halogens is 3. The molecule has 0 radical (unpaired) electrons. The monoisotopic (exact) mass is 331 g/mol. The van der Waals surface area contributed by atoms with Gasteiger partial charge in [-0.05, 0) is 41.3 Å². The number of benzene rings is 2. The van der Waals surface area contributed by atoms with Crippen LogP contribution in [0.5, 0.6) is 0 Å². The summed E-state index contributed by atoms with van der Waals surface area (Å²) in [7, 11) is 0. The van der Waals surface area contributed by atoms with Crippen molar-refractivity contribution in [3.05, 3.63) is 76.9 Å². The minimum Gasteiger partial charge on any atom is -0.334 e. The average Bonchev–Trinajstić information content (AvgIpc) is 2.59. The summed E-state index contributed by atoms with van der Waals surface area (Å²) in [5.41, 5.74) is 2.26. The topological polar surface area (TPSA) is 20.3 Å². The lowest BCUT2D eigenvalue weighted by Gasteiger charge is -2.27. The molecule has 1 amide bonds. The van der Waals surface area contributed by atoms with Crippen molar-refractivity contribution < 1.29 is 18.0 Å². The number of hydrogen-bond donors (Lipinski definition) is 0. The molecule has 2 nitrogen and oxygen atoms in total. The highest BCUT2D eigenvalue weighted by atomic mass is 19.4. The van der Waals surface area contributed by atoms with E-state index in [0.717, 1.165) is 24.1 Å². The molecule has 24 heavy (non-hydrogen) atoms. The number of alkyl halides is 3. The third-order valence-corrected chi connectivity index (χ3v) is 4.10. The Bertz CT molecular complexity index is 763. The molecule has 2 aromatic carbocycles. The minimum atomic E-state index is -4.35. The van der Waals surface area contributed by atoms with Crippen LogP contribution in [0.25, 0.3) is 6.08 Å². The second-order valence-electron chi connectivity index (χ2n) is 5.73. The SMILES string of the molecule is O=C(/C=C/c1ccc(C(F)(F)F)cc1)N1CCc2ccccc2C1. The molecule has 1 heterocycles. The van der Waals surface area contributed by atoms with E-state index >= 15 is 0 Å². The molecule has 3 rings (SSSR count). The molecule has 0 aliphatic carbocycles. The summed E-state index contributed by atoms with van der Waals surface area (Å²) in [5.74, 6) is -0.135. The number of amides is 1. The Labute approximate surface area is 138 Å². The van der Waals surface area contributed by atoms with Crippen molar-refractivity contribution in [1.29, 1.82) is 0 Å². The van der Waals surface area contributed by atoms with Gasteiger partial charge in [-0.15, -0.1) is 0 Å². The van der Waals surface area contributed by atoms with E-state index in [1.54, 1.807) is 11.0 Å². The lowest BCUT2D eigenvalue weighted by Crippen LogP contribution is -2.34. The van der Waals surface area contributed by atoms with Crippen LogP contribution < -0.4 is 0 Å². The van der Waals surface area contributed by atoms with Crippen LogP contribution in [0.4, 0.5) is 13.2 Å². The summed E-state index contributed by atoms with van der Waals surface area (Å²) >= 11 is 0. The van der Waals surface area contributed by atoms with Gasteiger partial charge in [-0.3, -0.25) is 4.79 Å². The van der Waals surface area contributed by atoms with E-state index in [1.807, 2.05) is 18.2 Å². The molecule has 0 bridgehead atoms. The second kappa shape index (κ2) is 6.51. The van der Waals surface area contributed by atoms with Gasteiger partial charge in [-0.1, -0.05) is 36.4 Å². The summed E-state index contributed by atoms with van der Waals surface area (Å²) in [4.78, 5) is 14.0. The molecule has 0 saturated heterocycles. The molecular weight excluding hydrogens is 315 g/mol. The third kappa shape index (κ3) is 3.67. The molecule has 0 aromatic heterocycles. The first-order valence-corrected chi connectivity index (χ1v) is 7.64. The van der Waals surface area contributed by atoms with E-state index in [-0.39, 0.29) is 5.91 Å². The fraction of sp³-hybridized carbons (Fsp3) is 0.211. The fourth-order valence-corrected chi connectivity index (χ4v) is 2.74. The van der Waals surface area contributed by atoms with Gasteiger partial charge in [0, 0.05) is 19.2 Å². The van der Waals surface area contributed by atoms with Gasteiger partial charge in [0.2, 0.25) is 5.91 Å². The molecule has 1 aliphatic heterocycles. The van der Waals surface area contributed by atoms with Crippen LogP contribution in [0.15, 0.2) is 54.6 Å². The molecule has 2 aromatic rings. The maximum atomic E-state index is 12.5. The third-order valence-electron chi connectivity index (χ3n) is 4.10. The first kappa shape index (κ1) is 16.3. The van der Waals surface area contributed by atoms with E-state index in [0.29, 0.717) is 18.7 Å². The van der Waals surface area contributed by atoms with Crippen LogP contribution >= 0.6 is 0 Å². The van der Waals surface area contributed by atoms with Crippen molar-refractivity contribution in [3.63, 3.8) is 0 Å². The van der Waals surface area contributed by atoms with E-state index in [1.165, 1.54) is 23.8 Å². The smallest absolute Gasteiger partial charge is 0.334 e. The van der Waals surface area contributed by atoms with Crippen LogP contribution in [0.1, 0.15) is 22.3 Å². The Morgan fingerprint density at radius 3 is 2.33 bits per heavy atom. The van der Waals surface area contributed by atoms with Gasteiger partial charge in [0.1, 0.15) is 0 Å². The highest BCUT2D eigenvalue weighted by molar-refractivity contribution is 5.91. The zero-order chi connectivity index (χ0) is 17.2. The lowest BCUT2D eigenvalue weighted by atomic mass is 10.00. The van der Waals surface area contributed by atoms with E-state index in [9.17, 15) is 18.0 Å². The largest absolute Gasteiger partial charge is 0.416 e. The van der Waals surface area contributed by atoms with Gasteiger partial charge in [0.05, 0.1) is 5.56 Å². The molecule has 0 atom stereocenters. The van der Waals surface area contributed by atoms with E-state index < -0.39 is 11.7 Å². The Kier molecular flexibility index (Phi) is 4.42. The van der Waals surface area contributed by atoms with Gasteiger partial charge in [0.15, 0.2) is 0 Å². The van der Waals surface area contributed by atoms with Crippen LogP contribution in [0.2, 0.25) is 0 Å². The van der Waals surface area contributed by atoms with E-state index in [2.05, 4.69) is 6.07 Å². The number of fused-ring (bicyclic) bond motifs is 1. The predicted octanol–water partition coefficient (Wildman–Crippen LogP) is 4.30. The Balaban J connectivity index is 1.66. The Hall–Kier alpha value is -2.56. The number of nitrogens with zero attached hydrogens (tertiary/aromatic N) is 1. The fourth-order valence-electron chi connectivity index (χ4n) is 2.74. The van der Waals surface area contributed by atoms with Gasteiger partial charge < -0.3 is 4.90 Å². The lowest BCUT2D eigenvalue weighted by molar-refractivity contribution is -0.137. The summed E-state index contributed by atoms with van der Waals surface area (Å²) in [6.45, 7) is 1.21. The maximum Gasteiger partial charge on any atom is 0.416 e. The zero-order valence-corrected chi connectivity index (χ0v) is 12.9. The second-order valence-corrected chi connectivity index (χ2v) is 5.73. The minimum absolute atomic E-state index is 0.135. The van der Waals surface area contributed by atoms with Crippen LogP contribution in [0, 0.1) is 0 Å². The number of rotatable bonds is 2. The van der Waals surface area contributed by atoms with Crippen LogP contribution in [-0.2, 0) is 23.9 Å². The van der Waals surface area contributed by atoms with Crippen molar-refractivity contribution in [3.8, 4) is 0 Å².